The number of ether oxygens (including phenoxy) is 1. The number of aromatic nitrogens is 2. The van der Waals surface area contributed by atoms with Gasteiger partial charge in [0.15, 0.2) is 0 Å². The fraction of sp³-hybridized carbons (Fsp3) is 0.385. The second-order valence-corrected chi connectivity index (χ2v) is 5.19. The highest BCUT2D eigenvalue weighted by molar-refractivity contribution is 7.08. The Balaban J connectivity index is 1.55. The highest BCUT2D eigenvalue weighted by Gasteiger charge is 2.15. The van der Waals surface area contributed by atoms with E-state index in [4.69, 9.17) is 4.74 Å². The van der Waals surface area contributed by atoms with Crippen LogP contribution in [0.4, 0.5) is 0 Å². The van der Waals surface area contributed by atoms with E-state index in [0.717, 1.165) is 24.2 Å². The van der Waals surface area contributed by atoms with Crippen LogP contribution in [0.3, 0.4) is 0 Å². The van der Waals surface area contributed by atoms with Crippen molar-refractivity contribution in [1.82, 2.24) is 15.1 Å². The molecule has 0 spiro atoms. The van der Waals surface area contributed by atoms with Crippen LogP contribution in [0.15, 0.2) is 23.0 Å². The second kappa shape index (κ2) is 5.54. The molecule has 0 aliphatic carbocycles. The van der Waals surface area contributed by atoms with Crippen LogP contribution in [0.1, 0.15) is 21.6 Å². The van der Waals surface area contributed by atoms with Gasteiger partial charge in [-0.25, -0.2) is 0 Å². The Morgan fingerprint density at radius 1 is 1.58 bits per heavy atom. The minimum absolute atomic E-state index is 0.0226. The lowest BCUT2D eigenvalue weighted by Crippen LogP contribution is -2.28. The molecule has 1 N–H and O–H groups in total. The second-order valence-electron chi connectivity index (χ2n) is 4.41. The number of amides is 1. The summed E-state index contributed by atoms with van der Waals surface area (Å²) in [5.41, 5.74) is 3.12. The summed E-state index contributed by atoms with van der Waals surface area (Å²) in [7, 11) is 0. The van der Waals surface area contributed by atoms with Crippen LogP contribution >= 0.6 is 11.3 Å². The fourth-order valence-corrected chi connectivity index (χ4v) is 2.81. The molecule has 0 saturated heterocycles. The molecule has 0 bridgehead atoms. The van der Waals surface area contributed by atoms with Gasteiger partial charge in [0.05, 0.1) is 26.0 Å². The number of nitrogens with one attached hydrogen (secondary N) is 1. The largest absolute Gasteiger partial charge is 0.376 e. The summed E-state index contributed by atoms with van der Waals surface area (Å²) in [6.07, 6.45) is 2.75. The van der Waals surface area contributed by atoms with E-state index in [1.165, 1.54) is 17.0 Å². The Hall–Kier alpha value is -1.66. The van der Waals surface area contributed by atoms with E-state index in [1.54, 1.807) is 0 Å². The molecular weight excluding hydrogens is 262 g/mol. The van der Waals surface area contributed by atoms with Crippen LogP contribution in [0.5, 0.6) is 0 Å². The maximum absolute atomic E-state index is 11.8. The summed E-state index contributed by atoms with van der Waals surface area (Å²) in [6, 6.07) is 1.83. The van der Waals surface area contributed by atoms with Crippen molar-refractivity contribution >= 4 is 17.2 Å². The van der Waals surface area contributed by atoms with Gasteiger partial charge in [0, 0.05) is 35.2 Å². The Kier molecular flexibility index (Phi) is 3.61. The maximum atomic E-state index is 11.8. The minimum Gasteiger partial charge on any atom is -0.376 e. The van der Waals surface area contributed by atoms with Crippen molar-refractivity contribution in [1.29, 1.82) is 0 Å². The average molecular weight is 277 g/mol. The molecule has 6 heteroatoms. The van der Waals surface area contributed by atoms with E-state index < -0.39 is 0 Å². The third kappa shape index (κ3) is 2.69. The molecule has 3 heterocycles. The third-order valence-electron chi connectivity index (χ3n) is 3.17. The molecule has 1 amide bonds. The molecule has 5 nitrogen and oxygen atoms in total. The number of thiophene rings is 1. The monoisotopic (exact) mass is 277 g/mol. The van der Waals surface area contributed by atoms with Gasteiger partial charge < -0.3 is 10.1 Å². The molecule has 0 saturated carbocycles. The molecule has 0 radical (unpaired) electrons. The molecule has 0 unspecified atom stereocenters. The lowest BCUT2D eigenvalue weighted by molar-refractivity contribution is 0.0950. The first-order valence-electron chi connectivity index (χ1n) is 6.26. The zero-order valence-corrected chi connectivity index (χ0v) is 11.3. The van der Waals surface area contributed by atoms with Crippen LogP contribution in [0.2, 0.25) is 0 Å². The van der Waals surface area contributed by atoms with Crippen molar-refractivity contribution in [2.24, 2.45) is 0 Å². The zero-order chi connectivity index (χ0) is 13.1. The molecule has 19 heavy (non-hydrogen) atoms. The van der Waals surface area contributed by atoms with Crippen molar-refractivity contribution in [3.63, 3.8) is 0 Å². The molecule has 100 valence electrons. The number of nitrogens with zero attached hydrogens (tertiary/aromatic N) is 2. The average Bonchev–Trinajstić information content (AvgIpc) is 3.08. The van der Waals surface area contributed by atoms with Crippen molar-refractivity contribution in [3.05, 3.63) is 39.8 Å². The van der Waals surface area contributed by atoms with E-state index >= 15 is 0 Å². The van der Waals surface area contributed by atoms with Crippen molar-refractivity contribution in [3.8, 4) is 0 Å². The first-order valence-corrected chi connectivity index (χ1v) is 7.20. The Morgan fingerprint density at radius 3 is 3.37 bits per heavy atom. The van der Waals surface area contributed by atoms with E-state index in [-0.39, 0.29) is 5.91 Å². The lowest BCUT2D eigenvalue weighted by Gasteiger charge is -2.14. The topological polar surface area (TPSA) is 56.2 Å². The summed E-state index contributed by atoms with van der Waals surface area (Å²) in [5.74, 6) is -0.0226. The smallest absolute Gasteiger partial charge is 0.252 e. The standard InChI is InChI=1S/C13H15N3O2S/c17-13(10-2-6-19-9-10)14-3-4-16-12-1-5-18-8-11(12)7-15-16/h2,6-7,9H,1,3-5,8H2,(H,14,17). The highest BCUT2D eigenvalue weighted by Crippen LogP contribution is 2.15. The van der Waals surface area contributed by atoms with Crippen molar-refractivity contribution in [2.75, 3.05) is 13.2 Å². The molecule has 3 rings (SSSR count). The molecule has 1 aliphatic rings. The zero-order valence-electron chi connectivity index (χ0n) is 10.5. The van der Waals surface area contributed by atoms with Crippen LogP contribution in [-0.2, 0) is 24.3 Å². The third-order valence-corrected chi connectivity index (χ3v) is 3.85. The normalized spacial score (nSPS) is 14.1. The van der Waals surface area contributed by atoms with Gasteiger partial charge in [-0.15, -0.1) is 0 Å². The van der Waals surface area contributed by atoms with Gasteiger partial charge in [-0.05, 0) is 11.4 Å². The first-order chi connectivity index (χ1) is 9.34. The molecule has 0 atom stereocenters. The van der Waals surface area contributed by atoms with Gasteiger partial charge in [0.2, 0.25) is 0 Å². The maximum Gasteiger partial charge on any atom is 0.252 e. The Morgan fingerprint density at radius 2 is 2.53 bits per heavy atom. The first kappa shape index (κ1) is 12.4. The van der Waals surface area contributed by atoms with Crippen LogP contribution in [-0.4, -0.2) is 28.8 Å². The van der Waals surface area contributed by atoms with Gasteiger partial charge in [-0.2, -0.15) is 16.4 Å². The number of hydrogen-bond acceptors (Lipinski definition) is 4. The van der Waals surface area contributed by atoms with E-state index in [2.05, 4.69) is 10.4 Å². The number of hydrogen-bond donors (Lipinski definition) is 1. The fourth-order valence-electron chi connectivity index (χ4n) is 2.17. The van der Waals surface area contributed by atoms with Crippen molar-refractivity contribution < 1.29 is 9.53 Å². The van der Waals surface area contributed by atoms with Gasteiger partial charge in [0.25, 0.3) is 5.91 Å². The molecule has 1 aliphatic heterocycles. The number of carbonyl (C=O) groups is 1. The summed E-state index contributed by atoms with van der Waals surface area (Å²) in [4.78, 5) is 11.8. The quantitative estimate of drug-likeness (QED) is 0.920. The molecule has 2 aromatic heterocycles. The number of fused-ring (bicyclic) bond motifs is 1. The lowest BCUT2D eigenvalue weighted by atomic mass is 10.2. The minimum atomic E-state index is -0.0226. The predicted octanol–water partition coefficient (Wildman–Crippen LogP) is 1.45. The highest BCUT2D eigenvalue weighted by atomic mass is 32.1. The SMILES string of the molecule is O=C(NCCn1ncc2c1CCOC2)c1ccsc1. The van der Waals surface area contributed by atoms with Crippen LogP contribution < -0.4 is 5.32 Å². The van der Waals surface area contributed by atoms with Gasteiger partial charge in [0.1, 0.15) is 0 Å². The van der Waals surface area contributed by atoms with Gasteiger partial charge >= 0.3 is 0 Å². The van der Waals surface area contributed by atoms with Crippen molar-refractivity contribution in [2.45, 2.75) is 19.6 Å². The Bertz CT molecular complexity index is 562. The number of rotatable bonds is 4. The Labute approximate surface area is 115 Å². The molecule has 2 aromatic rings. The van der Waals surface area contributed by atoms with Gasteiger partial charge in [-0.1, -0.05) is 0 Å². The summed E-state index contributed by atoms with van der Waals surface area (Å²) in [5, 5.41) is 11.0. The van der Waals surface area contributed by atoms with E-state index in [9.17, 15) is 4.79 Å². The van der Waals surface area contributed by atoms with Crippen LogP contribution in [0, 0.1) is 0 Å². The van der Waals surface area contributed by atoms with E-state index in [1.807, 2.05) is 27.7 Å². The number of carbonyl (C=O) groups excluding carboxylic acids is 1. The summed E-state index contributed by atoms with van der Waals surface area (Å²) in [6.45, 7) is 2.69. The molecule has 0 fully saturated rings. The summed E-state index contributed by atoms with van der Waals surface area (Å²) < 4.78 is 7.34. The van der Waals surface area contributed by atoms with E-state index in [0.29, 0.717) is 19.7 Å². The van der Waals surface area contributed by atoms with Crippen LogP contribution in [0.25, 0.3) is 0 Å². The summed E-state index contributed by atoms with van der Waals surface area (Å²) >= 11 is 1.53. The molecular formula is C13H15N3O2S. The predicted molar refractivity (Wildman–Crippen MR) is 72.2 cm³/mol. The molecule has 0 aromatic carbocycles. The van der Waals surface area contributed by atoms with Gasteiger partial charge in [-0.3, -0.25) is 9.48 Å².